The van der Waals surface area contributed by atoms with Crippen LogP contribution in [0.3, 0.4) is 0 Å². The van der Waals surface area contributed by atoms with E-state index in [-0.39, 0.29) is 23.3 Å². The van der Waals surface area contributed by atoms with E-state index >= 15 is 0 Å². The van der Waals surface area contributed by atoms with E-state index in [1.165, 1.54) is 12.7 Å². The first-order chi connectivity index (χ1) is 15.5. The van der Waals surface area contributed by atoms with Crippen molar-refractivity contribution in [2.24, 2.45) is 0 Å². The summed E-state index contributed by atoms with van der Waals surface area (Å²) in [5, 5.41) is 0.348. The number of fused-ring (bicyclic) bond motifs is 1. The molecule has 0 saturated heterocycles. The van der Waals surface area contributed by atoms with Gasteiger partial charge in [0.25, 0.3) is 0 Å². The number of benzene rings is 2. The van der Waals surface area contributed by atoms with Crippen LogP contribution in [0.25, 0.3) is 11.0 Å². The van der Waals surface area contributed by atoms with Crippen molar-refractivity contribution in [3.63, 3.8) is 0 Å². The largest absolute Gasteiger partial charge is 0.497 e. The average Bonchev–Trinajstić information content (AvgIpc) is 2.82. The Balaban J connectivity index is 1.45. The summed E-state index contributed by atoms with van der Waals surface area (Å²) in [4.78, 5) is 25.1. The predicted molar refractivity (Wildman–Crippen MR) is 119 cm³/mol. The molecule has 1 atom stereocenters. The van der Waals surface area contributed by atoms with Gasteiger partial charge in [-0.1, -0.05) is 6.42 Å². The van der Waals surface area contributed by atoms with Crippen molar-refractivity contribution in [2.75, 3.05) is 7.11 Å². The second kappa shape index (κ2) is 9.77. The Morgan fingerprint density at radius 2 is 1.69 bits per heavy atom. The summed E-state index contributed by atoms with van der Waals surface area (Å²) in [6.07, 6.45) is 5.64. The minimum Gasteiger partial charge on any atom is -0.497 e. The van der Waals surface area contributed by atoms with Gasteiger partial charge in [0.1, 0.15) is 35.2 Å². The van der Waals surface area contributed by atoms with Crippen LogP contribution >= 0.6 is 0 Å². The quantitative estimate of drug-likeness (QED) is 0.467. The molecular formula is C25H26O7. The second-order valence-corrected chi connectivity index (χ2v) is 7.82. The maximum atomic E-state index is 12.8. The van der Waals surface area contributed by atoms with E-state index in [9.17, 15) is 9.59 Å². The normalized spacial score (nSPS) is 15.2. The zero-order valence-corrected chi connectivity index (χ0v) is 18.2. The topological polar surface area (TPSA) is 84.2 Å². The lowest BCUT2D eigenvalue weighted by Crippen LogP contribution is -2.31. The van der Waals surface area contributed by atoms with Crippen LogP contribution in [0.2, 0.25) is 0 Å². The summed E-state index contributed by atoms with van der Waals surface area (Å²) in [6.45, 7) is 1.65. The van der Waals surface area contributed by atoms with Crippen LogP contribution in [0.1, 0.15) is 39.0 Å². The highest BCUT2D eigenvalue weighted by Crippen LogP contribution is 2.26. The van der Waals surface area contributed by atoms with Crippen LogP contribution in [0.5, 0.6) is 23.0 Å². The van der Waals surface area contributed by atoms with Crippen molar-refractivity contribution < 1.29 is 28.2 Å². The third kappa shape index (κ3) is 5.04. The minimum absolute atomic E-state index is 0.0268. The molecule has 1 saturated carbocycles. The van der Waals surface area contributed by atoms with Crippen LogP contribution in [0.15, 0.2) is 57.9 Å². The van der Waals surface area contributed by atoms with Crippen LogP contribution < -0.4 is 19.6 Å². The first-order valence-corrected chi connectivity index (χ1v) is 10.8. The number of carbonyl (C=O) groups is 1. The lowest BCUT2D eigenvalue weighted by atomic mass is 9.98. The van der Waals surface area contributed by atoms with Crippen LogP contribution in [-0.2, 0) is 9.53 Å². The number of methoxy groups -OCH3 is 1. The van der Waals surface area contributed by atoms with Crippen molar-refractivity contribution in [1.29, 1.82) is 0 Å². The summed E-state index contributed by atoms with van der Waals surface area (Å²) >= 11 is 0. The molecule has 168 valence electrons. The molecule has 7 nitrogen and oxygen atoms in total. The van der Waals surface area contributed by atoms with E-state index in [1.54, 1.807) is 56.5 Å². The summed E-state index contributed by atoms with van der Waals surface area (Å²) < 4.78 is 27.7. The summed E-state index contributed by atoms with van der Waals surface area (Å²) in [5.74, 6) is 1.27. The molecule has 7 heteroatoms. The second-order valence-electron chi connectivity index (χ2n) is 7.82. The number of hydrogen-bond donors (Lipinski definition) is 0. The van der Waals surface area contributed by atoms with Crippen molar-refractivity contribution in [1.82, 2.24) is 0 Å². The van der Waals surface area contributed by atoms with Gasteiger partial charge < -0.3 is 23.4 Å². The van der Waals surface area contributed by atoms with Gasteiger partial charge in [-0.25, -0.2) is 4.79 Å². The van der Waals surface area contributed by atoms with Gasteiger partial charge in [0.05, 0.1) is 12.5 Å². The molecule has 0 N–H and O–H groups in total. The van der Waals surface area contributed by atoms with Crippen molar-refractivity contribution in [3.8, 4) is 23.0 Å². The van der Waals surface area contributed by atoms with Crippen LogP contribution in [0, 0.1) is 0 Å². The number of rotatable bonds is 7. The Kier molecular flexibility index (Phi) is 6.63. The molecule has 4 rings (SSSR count). The molecule has 1 heterocycles. The molecule has 1 aliphatic carbocycles. The minimum atomic E-state index is -0.765. The fourth-order valence-corrected chi connectivity index (χ4v) is 3.70. The maximum absolute atomic E-state index is 12.8. The standard InChI is InChI=1S/C25H26O7/c1-16(25(27)32-18-6-4-3-5-7-18)30-20-12-13-21-22(14-20)29-15-23(24(21)26)31-19-10-8-17(28-2)9-11-19/h8-16,18H,3-7H2,1-2H3/t16-/m1/s1. The van der Waals surface area contributed by atoms with Crippen LogP contribution in [0.4, 0.5) is 0 Å². The third-order valence-electron chi connectivity index (χ3n) is 5.48. The van der Waals surface area contributed by atoms with Crippen molar-refractivity contribution in [3.05, 3.63) is 59.0 Å². The smallest absolute Gasteiger partial charge is 0.347 e. The molecule has 1 fully saturated rings. The Bertz CT molecular complexity index is 1130. The first-order valence-electron chi connectivity index (χ1n) is 10.8. The van der Waals surface area contributed by atoms with E-state index in [1.807, 2.05) is 0 Å². The SMILES string of the molecule is COc1ccc(Oc2coc3cc(O[C@H](C)C(=O)OC4CCCCC4)ccc3c2=O)cc1. The van der Waals surface area contributed by atoms with E-state index in [4.69, 9.17) is 23.4 Å². The lowest BCUT2D eigenvalue weighted by Gasteiger charge is -2.23. The van der Waals surface area contributed by atoms with Gasteiger partial charge >= 0.3 is 5.97 Å². The molecule has 1 aromatic heterocycles. The Morgan fingerprint density at radius 1 is 1.00 bits per heavy atom. The number of esters is 1. The first kappa shape index (κ1) is 21.7. The van der Waals surface area contributed by atoms with E-state index in [2.05, 4.69) is 0 Å². The lowest BCUT2D eigenvalue weighted by molar-refractivity contribution is -0.158. The van der Waals surface area contributed by atoms with Gasteiger partial charge in [-0.2, -0.15) is 0 Å². The van der Waals surface area contributed by atoms with Gasteiger partial charge in [0, 0.05) is 6.07 Å². The molecular weight excluding hydrogens is 412 g/mol. The maximum Gasteiger partial charge on any atom is 0.347 e. The highest BCUT2D eigenvalue weighted by molar-refractivity contribution is 5.79. The predicted octanol–water partition coefficient (Wildman–Crippen LogP) is 5.24. The highest BCUT2D eigenvalue weighted by atomic mass is 16.6. The zero-order chi connectivity index (χ0) is 22.5. The Hall–Kier alpha value is -3.48. The van der Waals surface area contributed by atoms with Gasteiger partial charge in [-0.05, 0) is 69.0 Å². The molecule has 3 aromatic rings. The van der Waals surface area contributed by atoms with Gasteiger partial charge in [0.15, 0.2) is 6.10 Å². The molecule has 0 spiro atoms. The highest BCUT2D eigenvalue weighted by Gasteiger charge is 2.23. The number of ether oxygens (including phenoxy) is 4. The molecule has 0 unspecified atom stereocenters. The molecule has 0 amide bonds. The summed E-state index contributed by atoms with van der Waals surface area (Å²) in [5.41, 5.74) is 0.0285. The fraction of sp³-hybridized carbons (Fsp3) is 0.360. The van der Waals surface area contributed by atoms with Gasteiger partial charge in [0.2, 0.25) is 11.2 Å². The third-order valence-corrected chi connectivity index (χ3v) is 5.48. The van der Waals surface area contributed by atoms with Gasteiger partial charge in [-0.3, -0.25) is 4.79 Å². The van der Waals surface area contributed by atoms with Crippen LogP contribution in [-0.4, -0.2) is 25.3 Å². The number of carbonyl (C=O) groups excluding carboxylic acids is 1. The molecule has 0 aliphatic heterocycles. The Labute approximate surface area is 185 Å². The van der Waals surface area contributed by atoms with Crippen molar-refractivity contribution in [2.45, 2.75) is 51.2 Å². The average molecular weight is 438 g/mol. The molecule has 1 aliphatic rings. The molecule has 0 radical (unpaired) electrons. The van der Waals surface area contributed by atoms with E-state index in [0.29, 0.717) is 28.2 Å². The monoisotopic (exact) mass is 438 g/mol. The summed E-state index contributed by atoms with van der Waals surface area (Å²) in [7, 11) is 1.58. The number of hydrogen-bond acceptors (Lipinski definition) is 7. The zero-order valence-electron chi connectivity index (χ0n) is 18.2. The van der Waals surface area contributed by atoms with Crippen molar-refractivity contribution >= 4 is 16.9 Å². The summed E-state index contributed by atoms with van der Waals surface area (Å²) in [6, 6.07) is 11.7. The molecule has 32 heavy (non-hydrogen) atoms. The molecule has 0 bridgehead atoms. The molecule has 2 aromatic carbocycles. The fourth-order valence-electron chi connectivity index (χ4n) is 3.70. The van der Waals surface area contributed by atoms with E-state index in [0.717, 1.165) is 25.7 Å². The Morgan fingerprint density at radius 3 is 2.41 bits per heavy atom. The van der Waals surface area contributed by atoms with E-state index < -0.39 is 6.10 Å². The van der Waals surface area contributed by atoms with Gasteiger partial charge in [-0.15, -0.1) is 0 Å².